The SMILES string of the molecule is CCn1c(-c2cccc(OC(F)F)c2F)nnc1N(Cc1ccc(-n2cncn2)cc1)C1CC1. The van der Waals surface area contributed by atoms with Crippen molar-refractivity contribution in [1.29, 1.82) is 0 Å². The average molecular weight is 469 g/mol. The minimum absolute atomic E-state index is 0.0617. The van der Waals surface area contributed by atoms with Gasteiger partial charge in [0.15, 0.2) is 17.4 Å². The first-order valence-electron chi connectivity index (χ1n) is 10.9. The third-order valence-electron chi connectivity index (χ3n) is 5.68. The van der Waals surface area contributed by atoms with Gasteiger partial charge in [0.25, 0.3) is 0 Å². The van der Waals surface area contributed by atoms with E-state index in [0.717, 1.165) is 30.2 Å². The van der Waals surface area contributed by atoms with Crippen LogP contribution in [0, 0.1) is 5.82 Å². The third-order valence-corrected chi connectivity index (χ3v) is 5.68. The molecule has 2 aromatic heterocycles. The molecule has 0 atom stereocenters. The van der Waals surface area contributed by atoms with Crippen LogP contribution < -0.4 is 9.64 Å². The zero-order valence-electron chi connectivity index (χ0n) is 18.4. The maximum Gasteiger partial charge on any atom is 0.387 e. The van der Waals surface area contributed by atoms with E-state index in [2.05, 4.69) is 29.9 Å². The Morgan fingerprint density at radius 1 is 1.12 bits per heavy atom. The summed E-state index contributed by atoms with van der Waals surface area (Å²) < 4.78 is 48.1. The molecule has 0 unspecified atom stereocenters. The second-order valence-electron chi connectivity index (χ2n) is 7.93. The smallest absolute Gasteiger partial charge is 0.387 e. The monoisotopic (exact) mass is 469 g/mol. The average Bonchev–Trinajstić information content (AvgIpc) is 3.35. The summed E-state index contributed by atoms with van der Waals surface area (Å²) >= 11 is 0. The van der Waals surface area contributed by atoms with Crippen LogP contribution in [-0.4, -0.2) is 42.2 Å². The van der Waals surface area contributed by atoms with Crippen molar-refractivity contribution in [2.75, 3.05) is 4.90 Å². The molecule has 2 aromatic carbocycles. The zero-order valence-corrected chi connectivity index (χ0v) is 18.4. The van der Waals surface area contributed by atoms with Gasteiger partial charge in [-0.25, -0.2) is 14.1 Å². The highest BCUT2D eigenvalue weighted by molar-refractivity contribution is 5.61. The van der Waals surface area contributed by atoms with Gasteiger partial charge in [0.05, 0.1) is 11.3 Å². The van der Waals surface area contributed by atoms with Gasteiger partial charge in [-0.2, -0.15) is 13.9 Å². The Bertz CT molecular complexity index is 1250. The number of anilines is 1. The Balaban J connectivity index is 1.45. The van der Waals surface area contributed by atoms with Crippen LogP contribution in [0.4, 0.5) is 19.1 Å². The molecule has 8 nitrogen and oxygen atoms in total. The lowest BCUT2D eigenvalue weighted by Crippen LogP contribution is -2.28. The van der Waals surface area contributed by atoms with Gasteiger partial charge in [0, 0.05) is 19.1 Å². The van der Waals surface area contributed by atoms with Crippen molar-refractivity contribution in [3.05, 3.63) is 66.5 Å². The molecule has 0 spiro atoms. The van der Waals surface area contributed by atoms with Crippen molar-refractivity contribution in [3.8, 4) is 22.8 Å². The maximum atomic E-state index is 15.0. The topological polar surface area (TPSA) is 73.9 Å². The molecule has 4 aromatic rings. The van der Waals surface area contributed by atoms with E-state index in [9.17, 15) is 13.2 Å². The minimum atomic E-state index is -3.12. The van der Waals surface area contributed by atoms with Gasteiger partial charge < -0.3 is 9.64 Å². The van der Waals surface area contributed by atoms with E-state index in [4.69, 9.17) is 0 Å². The summed E-state index contributed by atoms with van der Waals surface area (Å²) in [7, 11) is 0. The number of hydrogen-bond donors (Lipinski definition) is 0. The molecule has 2 heterocycles. The van der Waals surface area contributed by atoms with Crippen LogP contribution in [0.3, 0.4) is 0 Å². The van der Waals surface area contributed by atoms with Gasteiger partial charge >= 0.3 is 6.61 Å². The first-order chi connectivity index (χ1) is 16.5. The number of alkyl halides is 2. The summed E-state index contributed by atoms with van der Waals surface area (Å²) in [6.07, 6.45) is 5.16. The quantitative estimate of drug-likeness (QED) is 0.361. The lowest BCUT2D eigenvalue weighted by molar-refractivity contribution is -0.0521. The lowest BCUT2D eigenvalue weighted by atomic mass is 10.2. The maximum absolute atomic E-state index is 15.0. The van der Waals surface area contributed by atoms with Crippen LogP contribution >= 0.6 is 0 Å². The van der Waals surface area contributed by atoms with Gasteiger partial charge in [0.1, 0.15) is 12.7 Å². The Kier molecular flexibility index (Phi) is 5.91. The van der Waals surface area contributed by atoms with E-state index in [1.54, 1.807) is 15.6 Å². The van der Waals surface area contributed by atoms with E-state index >= 15 is 0 Å². The fraction of sp³-hybridized carbons (Fsp3) is 0.304. The Morgan fingerprint density at radius 3 is 2.56 bits per heavy atom. The second-order valence-corrected chi connectivity index (χ2v) is 7.93. The van der Waals surface area contributed by atoms with Crippen molar-refractivity contribution < 1.29 is 17.9 Å². The molecular weight excluding hydrogens is 447 g/mol. The molecule has 1 aliphatic carbocycles. The van der Waals surface area contributed by atoms with Crippen LogP contribution in [0.5, 0.6) is 5.75 Å². The lowest BCUT2D eigenvalue weighted by Gasteiger charge is -2.24. The van der Waals surface area contributed by atoms with E-state index in [1.165, 1.54) is 18.5 Å². The van der Waals surface area contributed by atoms with Crippen LogP contribution in [0.2, 0.25) is 0 Å². The fourth-order valence-electron chi connectivity index (χ4n) is 3.91. The van der Waals surface area contributed by atoms with Crippen molar-refractivity contribution >= 4 is 5.95 Å². The van der Waals surface area contributed by atoms with Crippen molar-refractivity contribution in [2.45, 2.75) is 45.5 Å². The number of ether oxygens (including phenoxy) is 1. The molecular formula is C23H22F3N7O. The Labute approximate surface area is 193 Å². The molecule has 0 amide bonds. The van der Waals surface area contributed by atoms with E-state index in [1.807, 2.05) is 31.2 Å². The molecule has 34 heavy (non-hydrogen) atoms. The largest absolute Gasteiger partial charge is 0.432 e. The van der Waals surface area contributed by atoms with Crippen molar-refractivity contribution in [1.82, 2.24) is 29.5 Å². The van der Waals surface area contributed by atoms with Gasteiger partial charge in [-0.3, -0.25) is 4.57 Å². The van der Waals surface area contributed by atoms with Gasteiger partial charge in [0.2, 0.25) is 5.95 Å². The summed E-state index contributed by atoms with van der Waals surface area (Å²) in [6.45, 7) is -0.139. The summed E-state index contributed by atoms with van der Waals surface area (Å²) in [6, 6.07) is 12.4. The third kappa shape index (κ3) is 4.33. The number of aromatic nitrogens is 6. The van der Waals surface area contributed by atoms with Gasteiger partial charge in [-0.15, -0.1) is 10.2 Å². The van der Waals surface area contributed by atoms with Crippen molar-refractivity contribution in [3.63, 3.8) is 0 Å². The normalized spacial score (nSPS) is 13.4. The summed E-state index contributed by atoms with van der Waals surface area (Å²) in [5.41, 5.74) is 2.03. The summed E-state index contributed by atoms with van der Waals surface area (Å²) in [4.78, 5) is 6.12. The predicted molar refractivity (Wildman–Crippen MR) is 118 cm³/mol. The first-order valence-corrected chi connectivity index (χ1v) is 10.9. The molecule has 11 heteroatoms. The van der Waals surface area contributed by atoms with Crippen LogP contribution in [0.1, 0.15) is 25.3 Å². The summed E-state index contributed by atoms with van der Waals surface area (Å²) in [5, 5.41) is 12.7. The molecule has 0 N–H and O–H groups in total. The molecule has 5 rings (SSSR count). The van der Waals surface area contributed by atoms with Crippen LogP contribution in [-0.2, 0) is 13.1 Å². The molecule has 0 radical (unpaired) electrons. The molecule has 1 saturated carbocycles. The minimum Gasteiger partial charge on any atom is -0.432 e. The standard InChI is InChI=1S/C23H22F3N7O/c1-2-31-21(18-4-3-5-19(20(18)24)34-22(25)26)29-30-23(31)32(16-10-11-16)12-15-6-8-17(9-7-15)33-14-27-13-28-33/h3-9,13-14,16,22H,2,10-12H2,1H3. The van der Waals surface area contributed by atoms with E-state index in [0.29, 0.717) is 25.1 Å². The Hall–Kier alpha value is -3.89. The van der Waals surface area contributed by atoms with Crippen LogP contribution in [0.25, 0.3) is 17.1 Å². The molecule has 0 saturated heterocycles. The number of halogens is 3. The van der Waals surface area contributed by atoms with Gasteiger partial charge in [-0.05, 0) is 49.6 Å². The number of rotatable bonds is 9. The number of benzene rings is 2. The highest BCUT2D eigenvalue weighted by Crippen LogP contribution is 2.35. The Morgan fingerprint density at radius 2 is 1.91 bits per heavy atom. The molecule has 0 aliphatic heterocycles. The zero-order chi connectivity index (χ0) is 23.7. The molecule has 0 bridgehead atoms. The fourth-order valence-corrected chi connectivity index (χ4v) is 3.91. The molecule has 176 valence electrons. The number of hydrogen-bond acceptors (Lipinski definition) is 6. The van der Waals surface area contributed by atoms with E-state index < -0.39 is 18.2 Å². The number of nitrogens with zero attached hydrogens (tertiary/aromatic N) is 7. The second kappa shape index (κ2) is 9.16. The van der Waals surface area contributed by atoms with Crippen molar-refractivity contribution in [2.24, 2.45) is 0 Å². The van der Waals surface area contributed by atoms with Crippen LogP contribution in [0.15, 0.2) is 55.1 Å². The predicted octanol–water partition coefficient (Wildman–Crippen LogP) is 4.46. The highest BCUT2D eigenvalue weighted by atomic mass is 19.3. The molecule has 1 fully saturated rings. The van der Waals surface area contributed by atoms with Gasteiger partial charge in [-0.1, -0.05) is 18.2 Å². The van der Waals surface area contributed by atoms with E-state index in [-0.39, 0.29) is 11.4 Å². The summed E-state index contributed by atoms with van der Waals surface area (Å²) in [5.74, 6) is -0.536. The molecule has 1 aliphatic rings. The first kappa shape index (κ1) is 21.9. The highest BCUT2D eigenvalue weighted by Gasteiger charge is 2.33.